The van der Waals surface area contributed by atoms with Gasteiger partial charge in [-0.25, -0.2) is 18.4 Å². The maximum atomic E-state index is 13.3. The zero-order chi connectivity index (χ0) is 27.3. The van der Waals surface area contributed by atoms with Crippen LogP contribution in [0, 0.1) is 0 Å². The Morgan fingerprint density at radius 2 is 1.54 bits per heavy atom. The van der Waals surface area contributed by atoms with E-state index in [-0.39, 0.29) is 34.6 Å². The lowest BCUT2D eigenvalue weighted by Gasteiger charge is -2.15. The third kappa shape index (κ3) is 7.03. The van der Waals surface area contributed by atoms with E-state index in [2.05, 4.69) is 25.3 Å². The Morgan fingerprint density at radius 1 is 0.923 bits per heavy atom. The molecule has 12 nitrogen and oxygen atoms in total. The van der Waals surface area contributed by atoms with Crippen LogP contribution in [0.2, 0.25) is 0 Å². The minimum absolute atomic E-state index is 0. The third-order valence-electron chi connectivity index (χ3n) is 5.36. The van der Waals surface area contributed by atoms with E-state index < -0.39 is 28.6 Å². The van der Waals surface area contributed by atoms with Crippen LogP contribution in [-0.2, 0) is 14.8 Å². The van der Waals surface area contributed by atoms with E-state index in [4.69, 9.17) is 20.3 Å². The number of sulfonamides is 1. The molecule has 0 spiro atoms. The van der Waals surface area contributed by atoms with Gasteiger partial charge in [-0.2, -0.15) is 0 Å². The molecule has 0 fully saturated rings. The number of nitrogens with one attached hydrogen (secondary N) is 3. The molecule has 1 aromatic heterocycles. The average molecular weight is 575 g/mol. The summed E-state index contributed by atoms with van der Waals surface area (Å²) in [6.07, 6.45) is 0. The van der Waals surface area contributed by atoms with Crippen LogP contribution in [0.4, 0.5) is 23.0 Å². The van der Waals surface area contributed by atoms with Gasteiger partial charge >= 0.3 is 0 Å². The molecular formula is C25H27ClN6O6S. The largest absolute Gasteiger partial charge is 0.497 e. The van der Waals surface area contributed by atoms with Crippen LogP contribution >= 0.6 is 12.4 Å². The number of carbonyl (C=O) groups excluding carboxylic acids is 1. The number of rotatable bonds is 10. The SMILES string of the molecule is COc1cc(Nc2nc3ccccc3nc2NS(=O)(=O)c2cccc(NC(=O)[C@H](N)CO)c2)cc(OC)c1.Cl. The van der Waals surface area contributed by atoms with Gasteiger partial charge < -0.3 is 30.9 Å². The Hall–Kier alpha value is -4.17. The van der Waals surface area contributed by atoms with E-state index in [0.717, 1.165) is 0 Å². The highest BCUT2D eigenvalue weighted by Crippen LogP contribution is 2.31. The molecular weight excluding hydrogens is 548 g/mol. The second-order valence-corrected chi connectivity index (χ2v) is 9.73. The van der Waals surface area contributed by atoms with Gasteiger partial charge in [0.1, 0.15) is 17.5 Å². The fourth-order valence-electron chi connectivity index (χ4n) is 3.42. The highest BCUT2D eigenvalue weighted by molar-refractivity contribution is 7.92. The summed E-state index contributed by atoms with van der Waals surface area (Å²) in [4.78, 5) is 20.9. The molecule has 206 valence electrons. The lowest BCUT2D eigenvalue weighted by molar-refractivity contribution is -0.118. The molecule has 14 heteroatoms. The first-order valence-corrected chi connectivity index (χ1v) is 12.8. The zero-order valence-corrected chi connectivity index (χ0v) is 22.5. The Bertz CT molecular complexity index is 1560. The number of methoxy groups -OCH3 is 2. The highest BCUT2D eigenvalue weighted by Gasteiger charge is 2.21. The number of aromatic nitrogens is 2. The molecule has 0 saturated carbocycles. The van der Waals surface area contributed by atoms with Gasteiger partial charge in [-0.15, -0.1) is 12.4 Å². The van der Waals surface area contributed by atoms with E-state index in [0.29, 0.717) is 28.2 Å². The predicted molar refractivity (Wildman–Crippen MR) is 151 cm³/mol. The number of nitrogens with zero attached hydrogens (tertiary/aromatic N) is 2. The smallest absolute Gasteiger partial charge is 0.263 e. The maximum absolute atomic E-state index is 13.3. The highest BCUT2D eigenvalue weighted by atomic mass is 35.5. The Balaban J connectivity index is 0.00000420. The van der Waals surface area contributed by atoms with Crippen LogP contribution in [0.1, 0.15) is 0 Å². The number of nitrogens with two attached hydrogens (primary N) is 1. The van der Waals surface area contributed by atoms with Crippen molar-refractivity contribution in [2.45, 2.75) is 10.9 Å². The number of aliphatic hydroxyl groups is 1. The molecule has 1 amide bonds. The summed E-state index contributed by atoms with van der Waals surface area (Å²) < 4.78 is 39.8. The molecule has 1 heterocycles. The fourth-order valence-corrected chi connectivity index (χ4v) is 4.47. The molecule has 6 N–H and O–H groups in total. The van der Waals surface area contributed by atoms with Crippen molar-refractivity contribution in [3.8, 4) is 11.5 Å². The summed E-state index contributed by atoms with van der Waals surface area (Å²) in [6, 6.07) is 16.5. The van der Waals surface area contributed by atoms with E-state index in [9.17, 15) is 13.2 Å². The molecule has 0 unspecified atom stereocenters. The molecule has 4 rings (SSSR count). The fraction of sp³-hybridized carbons (Fsp3) is 0.160. The van der Waals surface area contributed by atoms with E-state index in [1.54, 1.807) is 42.5 Å². The second kappa shape index (κ2) is 12.6. The van der Waals surface area contributed by atoms with Crippen LogP contribution in [0.15, 0.2) is 71.6 Å². The number of carbonyl (C=O) groups is 1. The molecule has 0 bridgehead atoms. The van der Waals surface area contributed by atoms with Gasteiger partial charge in [-0.3, -0.25) is 9.52 Å². The van der Waals surface area contributed by atoms with Crippen LogP contribution in [0.3, 0.4) is 0 Å². The van der Waals surface area contributed by atoms with Crippen molar-refractivity contribution in [3.05, 3.63) is 66.7 Å². The Labute approximate surface area is 231 Å². The first kappa shape index (κ1) is 29.4. The number of ether oxygens (including phenoxy) is 2. The Kier molecular flexibility index (Phi) is 9.48. The molecule has 0 aliphatic heterocycles. The number of hydrogen-bond acceptors (Lipinski definition) is 10. The van der Waals surface area contributed by atoms with Crippen molar-refractivity contribution in [1.29, 1.82) is 0 Å². The number of aliphatic hydroxyl groups excluding tert-OH is 1. The maximum Gasteiger partial charge on any atom is 0.263 e. The molecule has 0 saturated heterocycles. The van der Waals surface area contributed by atoms with Crippen molar-refractivity contribution >= 4 is 62.4 Å². The summed E-state index contributed by atoms with van der Waals surface area (Å²) in [5.41, 5.74) is 7.24. The number of para-hydroxylation sites is 2. The van der Waals surface area contributed by atoms with E-state index >= 15 is 0 Å². The number of benzene rings is 3. The van der Waals surface area contributed by atoms with Crippen LogP contribution < -0.4 is 30.6 Å². The van der Waals surface area contributed by atoms with Crippen molar-refractivity contribution in [2.75, 3.05) is 36.2 Å². The average Bonchev–Trinajstić information content (AvgIpc) is 2.92. The molecule has 1 atom stereocenters. The summed E-state index contributed by atoms with van der Waals surface area (Å²) in [7, 11) is -1.15. The molecule has 0 aliphatic rings. The summed E-state index contributed by atoms with van der Waals surface area (Å²) in [5, 5.41) is 14.6. The van der Waals surface area contributed by atoms with Gasteiger partial charge in [0.05, 0.1) is 36.8 Å². The van der Waals surface area contributed by atoms with Crippen LogP contribution in [-0.4, -0.2) is 56.3 Å². The minimum atomic E-state index is -4.18. The molecule has 0 aliphatic carbocycles. The summed E-state index contributed by atoms with van der Waals surface area (Å²) in [6.45, 7) is -0.555. The summed E-state index contributed by atoms with van der Waals surface area (Å²) >= 11 is 0. The van der Waals surface area contributed by atoms with Crippen LogP contribution in [0.25, 0.3) is 11.0 Å². The van der Waals surface area contributed by atoms with Gasteiger partial charge in [-0.05, 0) is 30.3 Å². The zero-order valence-electron chi connectivity index (χ0n) is 20.9. The van der Waals surface area contributed by atoms with Crippen LogP contribution in [0.5, 0.6) is 11.5 Å². The standard InChI is InChI=1S/C25H26N6O6S.ClH/c1-36-17-10-16(11-18(13-17)37-2)27-23-24(30-22-9-4-3-8-21(22)29-23)31-38(34,35)19-7-5-6-15(12-19)28-25(33)20(26)14-32;/h3-13,20,32H,14,26H2,1-2H3,(H,27,29)(H,28,33)(H,30,31);1H/t20-;/m1./s1. The van der Waals surface area contributed by atoms with E-state index in [1.807, 2.05) is 0 Å². The molecule has 0 radical (unpaired) electrons. The van der Waals surface area contributed by atoms with Crippen molar-refractivity contribution in [3.63, 3.8) is 0 Å². The van der Waals surface area contributed by atoms with Gasteiger partial charge in [0.15, 0.2) is 11.6 Å². The van der Waals surface area contributed by atoms with Crippen molar-refractivity contribution in [2.24, 2.45) is 5.73 Å². The topological polar surface area (TPSA) is 178 Å². The van der Waals surface area contributed by atoms with Crippen molar-refractivity contribution < 1.29 is 27.8 Å². The Morgan fingerprint density at radius 3 is 2.13 bits per heavy atom. The summed E-state index contributed by atoms with van der Waals surface area (Å²) in [5.74, 6) is 0.462. The number of hydrogen-bond donors (Lipinski definition) is 5. The lowest BCUT2D eigenvalue weighted by atomic mass is 10.2. The molecule has 4 aromatic rings. The normalized spacial score (nSPS) is 11.7. The van der Waals surface area contributed by atoms with Gasteiger partial charge in [0.25, 0.3) is 10.0 Å². The van der Waals surface area contributed by atoms with Crippen molar-refractivity contribution in [1.82, 2.24) is 9.97 Å². The number of amides is 1. The first-order valence-electron chi connectivity index (χ1n) is 11.3. The number of anilines is 4. The predicted octanol–water partition coefficient (Wildman–Crippen LogP) is 2.87. The molecule has 3 aromatic carbocycles. The monoisotopic (exact) mass is 574 g/mol. The first-order chi connectivity index (χ1) is 18.2. The van der Waals surface area contributed by atoms with E-state index in [1.165, 1.54) is 38.5 Å². The second-order valence-electron chi connectivity index (χ2n) is 8.05. The number of fused-ring (bicyclic) bond motifs is 1. The number of halogens is 1. The third-order valence-corrected chi connectivity index (χ3v) is 6.70. The lowest BCUT2D eigenvalue weighted by Crippen LogP contribution is -2.38. The minimum Gasteiger partial charge on any atom is -0.497 e. The van der Waals surface area contributed by atoms with Gasteiger partial charge in [-0.1, -0.05) is 18.2 Å². The molecule has 39 heavy (non-hydrogen) atoms. The quantitative estimate of drug-likeness (QED) is 0.189. The van der Waals surface area contributed by atoms with Gasteiger partial charge in [0.2, 0.25) is 5.91 Å². The van der Waals surface area contributed by atoms with Gasteiger partial charge in [0, 0.05) is 29.6 Å².